The minimum absolute atomic E-state index is 0.0694. The molecular formula is C10H14O. The lowest BCUT2D eigenvalue weighted by molar-refractivity contribution is 0.141. The highest BCUT2D eigenvalue weighted by molar-refractivity contribution is 5.30. The van der Waals surface area contributed by atoms with E-state index in [4.69, 9.17) is 0 Å². The summed E-state index contributed by atoms with van der Waals surface area (Å²) in [5, 5.41) is 9.54. The number of allylic oxidation sites excluding steroid dienone is 1. The highest BCUT2D eigenvalue weighted by Gasteiger charge is 2.23. The first-order valence-corrected chi connectivity index (χ1v) is 3.81. The highest BCUT2D eigenvalue weighted by atomic mass is 16.3. The highest BCUT2D eigenvalue weighted by Crippen LogP contribution is 2.28. The summed E-state index contributed by atoms with van der Waals surface area (Å²) in [4.78, 5) is 0. The van der Waals surface area contributed by atoms with E-state index in [9.17, 15) is 5.11 Å². The van der Waals surface area contributed by atoms with Crippen LogP contribution in [0.2, 0.25) is 0 Å². The molecular weight excluding hydrogens is 136 g/mol. The molecule has 11 heavy (non-hydrogen) atoms. The minimum atomic E-state index is -0.315. The van der Waals surface area contributed by atoms with Crippen LogP contribution in [0.25, 0.3) is 0 Å². The Morgan fingerprint density at radius 1 is 1.73 bits per heavy atom. The Kier molecular flexibility index (Phi) is 2.30. The number of aliphatic hydroxyl groups is 1. The van der Waals surface area contributed by atoms with E-state index in [2.05, 4.69) is 13.2 Å². The van der Waals surface area contributed by atoms with Crippen LogP contribution in [0.3, 0.4) is 0 Å². The van der Waals surface area contributed by atoms with Crippen LogP contribution in [0, 0.1) is 5.92 Å². The first kappa shape index (κ1) is 8.28. The van der Waals surface area contributed by atoms with Crippen molar-refractivity contribution < 1.29 is 5.11 Å². The second-order valence-corrected chi connectivity index (χ2v) is 3.10. The molecule has 1 rings (SSSR count). The summed E-state index contributed by atoms with van der Waals surface area (Å²) in [7, 11) is 0. The quantitative estimate of drug-likeness (QED) is 0.567. The van der Waals surface area contributed by atoms with E-state index in [1.807, 2.05) is 19.1 Å². The molecule has 0 aromatic carbocycles. The van der Waals surface area contributed by atoms with Gasteiger partial charge in [0.05, 0.1) is 6.10 Å². The number of hydrogen-bond acceptors (Lipinski definition) is 1. The fourth-order valence-electron chi connectivity index (χ4n) is 1.49. The zero-order valence-electron chi connectivity index (χ0n) is 6.88. The van der Waals surface area contributed by atoms with Crippen LogP contribution in [0.15, 0.2) is 36.5 Å². The van der Waals surface area contributed by atoms with Gasteiger partial charge in [0.1, 0.15) is 0 Å². The average Bonchev–Trinajstić information content (AvgIpc) is 1.85. The molecule has 0 amide bonds. The zero-order valence-corrected chi connectivity index (χ0v) is 6.88. The van der Waals surface area contributed by atoms with Crippen molar-refractivity contribution in [2.45, 2.75) is 19.4 Å². The Labute approximate surface area is 67.7 Å². The molecule has 0 aliphatic heterocycles. The second-order valence-electron chi connectivity index (χ2n) is 3.10. The first-order valence-electron chi connectivity index (χ1n) is 3.81. The average molecular weight is 150 g/mol. The molecule has 0 bridgehead atoms. The summed E-state index contributed by atoms with van der Waals surface area (Å²) in [6.07, 6.45) is 4.32. The standard InChI is InChI=1S/C10H14O/c1-7(2)10-8(3)5-4-6-9(10)11/h4-5,9-11H,1,3,6H2,2H3. The molecule has 0 saturated heterocycles. The maximum atomic E-state index is 9.54. The summed E-state index contributed by atoms with van der Waals surface area (Å²) in [5.41, 5.74) is 1.96. The van der Waals surface area contributed by atoms with Gasteiger partial charge in [-0.3, -0.25) is 0 Å². The molecule has 60 valence electrons. The predicted molar refractivity (Wildman–Crippen MR) is 47.2 cm³/mol. The minimum Gasteiger partial charge on any atom is -0.392 e. The lowest BCUT2D eigenvalue weighted by Gasteiger charge is -2.26. The van der Waals surface area contributed by atoms with Crippen LogP contribution >= 0.6 is 0 Å². The SMILES string of the molecule is C=C(C)C1C(=C)C=CCC1O. The van der Waals surface area contributed by atoms with E-state index >= 15 is 0 Å². The first-order chi connectivity index (χ1) is 5.13. The van der Waals surface area contributed by atoms with Crippen molar-refractivity contribution in [2.24, 2.45) is 5.92 Å². The van der Waals surface area contributed by atoms with Crippen molar-refractivity contribution in [3.8, 4) is 0 Å². The molecule has 0 radical (unpaired) electrons. The lowest BCUT2D eigenvalue weighted by atomic mass is 9.83. The Morgan fingerprint density at radius 3 is 2.73 bits per heavy atom. The van der Waals surface area contributed by atoms with Gasteiger partial charge < -0.3 is 5.11 Å². The van der Waals surface area contributed by atoms with Gasteiger partial charge in [0, 0.05) is 5.92 Å². The third-order valence-corrected chi connectivity index (χ3v) is 2.02. The summed E-state index contributed by atoms with van der Waals surface area (Å²) in [6.45, 7) is 9.61. The number of rotatable bonds is 1. The van der Waals surface area contributed by atoms with Gasteiger partial charge >= 0.3 is 0 Å². The smallest absolute Gasteiger partial charge is 0.0680 e. The second kappa shape index (κ2) is 3.05. The summed E-state index contributed by atoms with van der Waals surface area (Å²) in [5.74, 6) is 0.0694. The van der Waals surface area contributed by atoms with Gasteiger partial charge in [-0.25, -0.2) is 0 Å². The summed E-state index contributed by atoms with van der Waals surface area (Å²) < 4.78 is 0. The van der Waals surface area contributed by atoms with Crippen LogP contribution in [-0.4, -0.2) is 11.2 Å². The maximum Gasteiger partial charge on any atom is 0.0680 e. The Hall–Kier alpha value is -0.820. The van der Waals surface area contributed by atoms with Gasteiger partial charge in [-0.1, -0.05) is 30.9 Å². The molecule has 1 aliphatic carbocycles. The third-order valence-electron chi connectivity index (χ3n) is 2.02. The lowest BCUT2D eigenvalue weighted by Crippen LogP contribution is -2.24. The van der Waals surface area contributed by atoms with Gasteiger partial charge in [-0.15, -0.1) is 0 Å². The van der Waals surface area contributed by atoms with E-state index in [1.165, 1.54) is 0 Å². The maximum absolute atomic E-state index is 9.54. The van der Waals surface area contributed by atoms with Crippen molar-refractivity contribution in [3.63, 3.8) is 0 Å². The van der Waals surface area contributed by atoms with Crippen molar-refractivity contribution in [1.82, 2.24) is 0 Å². The fourth-order valence-corrected chi connectivity index (χ4v) is 1.49. The largest absolute Gasteiger partial charge is 0.392 e. The van der Waals surface area contributed by atoms with Crippen molar-refractivity contribution in [3.05, 3.63) is 36.5 Å². The van der Waals surface area contributed by atoms with E-state index in [1.54, 1.807) is 0 Å². The van der Waals surface area contributed by atoms with Gasteiger partial charge in [0.2, 0.25) is 0 Å². The third kappa shape index (κ3) is 1.60. The van der Waals surface area contributed by atoms with Crippen LogP contribution in [0.5, 0.6) is 0 Å². The molecule has 1 heteroatoms. The van der Waals surface area contributed by atoms with E-state index in [-0.39, 0.29) is 12.0 Å². The van der Waals surface area contributed by atoms with Crippen molar-refractivity contribution >= 4 is 0 Å². The van der Waals surface area contributed by atoms with Crippen LogP contribution < -0.4 is 0 Å². The van der Waals surface area contributed by atoms with Crippen LogP contribution in [0.1, 0.15) is 13.3 Å². The molecule has 1 N–H and O–H groups in total. The Balaban J connectivity index is 2.83. The topological polar surface area (TPSA) is 20.2 Å². The molecule has 0 spiro atoms. The summed E-state index contributed by atoms with van der Waals surface area (Å²) in [6, 6.07) is 0. The van der Waals surface area contributed by atoms with Gasteiger partial charge in [0.15, 0.2) is 0 Å². The zero-order chi connectivity index (χ0) is 8.43. The molecule has 1 nitrogen and oxygen atoms in total. The van der Waals surface area contributed by atoms with Crippen LogP contribution in [0.4, 0.5) is 0 Å². The van der Waals surface area contributed by atoms with Crippen molar-refractivity contribution in [2.75, 3.05) is 0 Å². The molecule has 0 aromatic rings. The van der Waals surface area contributed by atoms with Crippen LogP contribution in [-0.2, 0) is 0 Å². The van der Waals surface area contributed by atoms with Crippen molar-refractivity contribution in [1.29, 1.82) is 0 Å². The molecule has 0 aromatic heterocycles. The summed E-state index contributed by atoms with van der Waals surface area (Å²) >= 11 is 0. The molecule has 0 saturated carbocycles. The number of aliphatic hydroxyl groups excluding tert-OH is 1. The van der Waals surface area contributed by atoms with E-state index in [0.29, 0.717) is 0 Å². The van der Waals surface area contributed by atoms with Gasteiger partial charge in [-0.05, 0) is 18.9 Å². The Bertz CT molecular complexity index is 213. The Morgan fingerprint density at radius 2 is 2.36 bits per heavy atom. The molecule has 0 fully saturated rings. The molecule has 0 heterocycles. The van der Waals surface area contributed by atoms with E-state index < -0.39 is 0 Å². The monoisotopic (exact) mass is 150 g/mol. The predicted octanol–water partition coefficient (Wildman–Crippen LogP) is 2.06. The van der Waals surface area contributed by atoms with E-state index in [0.717, 1.165) is 17.6 Å². The number of hydrogen-bond donors (Lipinski definition) is 1. The molecule has 2 unspecified atom stereocenters. The molecule has 2 atom stereocenters. The van der Waals surface area contributed by atoms with Gasteiger partial charge in [-0.2, -0.15) is 0 Å². The molecule has 1 aliphatic rings. The fraction of sp³-hybridized carbons (Fsp3) is 0.400. The van der Waals surface area contributed by atoms with Gasteiger partial charge in [0.25, 0.3) is 0 Å². The normalized spacial score (nSPS) is 30.5.